The maximum absolute atomic E-state index is 10.6. The number of hydrogen-bond acceptors (Lipinski definition) is 5. The first-order valence-electron chi connectivity index (χ1n) is 6.18. The van der Waals surface area contributed by atoms with E-state index < -0.39 is 12.0 Å². The van der Waals surface area contributed by atoms with Gasteiger partial charge in [-0.15, -0.1) is 0 Å². The Morgan fingerprint density at radius 2 is 1.43 bits per heavy atom. The Morgan fingerprint density at radius 1 is 0.952 bits per heavy atom. The summed E-state index contributed by atoms with van der Waals surface area (Å²) in [4.78, 5) is 10.6. The Bertz CT molecular complexity index is 530. The lowest BCUT2D eigenvalue weighted by Crippen LogP contribution is -2.38. The highest BCUT2D eigenvalue weighted by Crippen LogP contribution is 2.06. The van der Waals surface area contributed by atoms with Crippen LogP contribution in [0.2, 0.25) is 0 Å². The van der Waals surface area contributed by atoms with Crippen molar-refractivity contribution < 1.29 is 25.4 Å². The van der Waals surface area contributed by atoms with Crippen molar-refractivity contribution in [2.75, 3.05) is 0 Å². The smallest absolute Gasteiger partial charge is 0.326 e. The molecule has 1 atom stereocenters. The lowest BCUT2D eigenvalue weighted by atomic mass is 10.1. The summed E-state index contributed by atoms with van der Waals surface area (Å²) in [5.74, 6) is -0.957. The molecule has 0 fully saturated rings. The molecule has 0 bridgehead atoms. The highest BCUT2D eigenvalue weighted by atomic mass is 16.8. The van der Waals surface area contributed by atoms with Gasteiger partial charge in [0.05, 0.1) is 0 Å². The van der Waals surface area contributed by atoms with Crippen molar-refractivity contribution in [1.29, 1.82) is 0 Å². The van der Waals surface area contributed by atoms with E-state index in [-0.39, 0.29) is 11.6 Å². The quantitative estimate of drug-likeness (QED) is 0.644. The average Bonchev–Trinajstić information content (AvgIpc) is 2.47. The third kappa shape index (κ3) is 6.53. The first kappa shape index (κ1) is 16.6. The second kappa shape index (κ2) is 8.70. The van der Waals surface area contributed by atoms with Gasteiger partial charge in [0, 0.05) is 6.42 Å². The maximum Gasteiger partial charge on any atom is 0.326 e. The molecular formula is C15H17NO5. The van der Waals surface area contributed by atoms with E-state index in [4.69, 9.17) is 20.6 Å². The predicted molar refractivity (Wildman–Crippen MR) is 75.1 cm³/mol. The lowest BCUT2D eigenvalue weighted by Gasteiger charge is -2.15. The minimum atomic E-state index is -1.34. The van der Waals surface area contributed by atoms with Crippen LogP contribution in [0.4, 0.5) is 0 Å². The van der Waals surface area contributed by atoms with Crippen LogP contribution in [0.5, 0.6) is 5.75 Å². The van der Waals surface area contributed by atoms with Gasteiger partial charge in [0.25, 0.3) is 0 Å². The van der Waals surface area contributed by atoms with Gasteiger partial charge in [-0.2, -0.15) is 0 Å². The van der Waals surface area contributed by atoms with Crippen molar-refractivity contribution in [3.63, 3.8) is 0 Å². The molecule has 0 amide bonds. The Hall–Kier alpha value is -2.41. The maximum atomic E-state index is 10.6. The minimum absolute atomic E-state index is 0.0448. The summed E-state index contributed by atoms with van der Waals surface area (Å²) in [6, 6.07) is 16.1. The first-order valence-corrected chi connectivity index (χ1v) is 6.18. The van der Waals surface area contributed by atoms with E-state index in [1.54, 1.807) is 54.6 Å². The fourth-order valence-corrected chi connectivity index (χ4v) is 1.53. The summed E-state index contributed by atoms with van der Waals surface area (Å²) in [7, 11) is 0. The number of nitrogens with zero attached hydrogens (tertiary/aromatic N) is 1. The number of aromatic hydroxyl groups is 1. The van der Waals surface area contributed by atoms with E-state index in [0.29, 0.717) is 5.75 Å². The highest BCUT2D eigenvalue weighted by molar-refractivity contribution is 5.73. The van der Waals surface area contributed by atoms with E-state index in [2.05, 4.69) is 0 Å². The number of para-hydroxylation sites is 1. The number of rotatable bonds is 4. The molecule has 0 saturated carbocycles. The number of aliphatic carboxylic acids is 1. The Labute approximate surface area is 122 Å². The number of carboxylic acid groups (broad SMARTS) is 1. The minimum Gasteiger partial charge on any atom is -0.508 e. The second-order valence-corrected chi connectivity index (χ2v) is 4.20. The van der Waals surface area contributed by atoms with E-state index >= 15 is 0 Å². The summed E-state index contributed by atoms with van der Waals surface area (Å²) >= 11 is 0. The molecule has 0 aliphatic carbocycles. The monoisotopic (exact) mass is 291 g/mol. The molecule has 0 aliphatic heterocycles. The van der Waals surface area contributed by atoms with Crippen LogP contribution in [0.1, 0.15) is 5.56 Å². The largest absolute Gasteiger partial charge is 0.508 e. The molecule has 4 N–H and O–H groups in total. The highest BCUT2D eigenvalue weighted by Gasteiger charge is 2.23. The van der Waals surface area contributed by atoms with Crippen LogP contribution >= 0.6 is 0 Å². The molecule has 0 spiro atoms. The number of phenolic OH excluding ortho intramolecular Hbond substituents is 1. The van der Waals surface area contributed by atoms with Crippen molar-refractivity contribution in [3.8, 4) is 5.75 Å². The number of carboxylic acids is 1. The number of phenols is 1. The normalized spacial score (nSPS) is 11.4. The molecule has 0 aliphatic rings. The van der Waals surface area contributed by atoms with Crippen LogP contribution in [0.15, 0.2) is 60.7 Å². The first-order chi connectivity index (χ1) is 10.0. The zero-order chi connectivity index (χ0) is 15.7. The third-order valence-electron chi connectivity index (χ3n) is 2.59. The number of carbonyl (C=O) groups is 1. The Balaban J connectivity index is 0.000000262. The molecular weight excluding hydrogens is 274 g/mol. The molecule has 0 heterocycles. The summed E-state index contributed by atoms with van der Waals surface area (Å²) in [6.07, 6.45) is 0.0448. The third-order valence-corrected chi connectivity index (χ3v) is 2.59. The fraction of sp³-hybridized carbons (Fsp3) is 0.133. The average molecular weight is 291 g/mol. The van der Waals surface area contributed by atoms with Gasteiger partial charge >= 0.3 is 5.97 Å². The van der Waals surface area contributed by atoms with E-state index in [1.165, 1.54) is 0 Å². The number of benzene rings is 2. The van der Waals surface area contributed by atoms with Crippen molar-refractivity contribution in [2.45, 2.75) is 12.5 Å². The molecule has 0 unspecified atom stereocenters. The Kier molecular flexibility index (Phi) is 6.90. The van der Waals surface area contributed by atoms with Gasteiger partial charge in [0.1, 0.15) is 5.75 Å². The van der Waals surface area contributed by atoms with Crippen molar-refractivity contribution in [3.05, 3.63) is 66.2 Å². The van der Waals surface area contributed by atoms with Gasteiger partial charge in [-0.05, 0) is 17.7 Å². The standard InChI is InChI=1S/C9H11NO4.C6H6O/c11-9(12)8(10(13)14)6-7-4-2-1-3-5-7;7-6-4-2-1-3-5-6/h1-5,8,13-14H,6H2,(H,11,12);1-5,7H/t8-;/m0./s1. The zero-order valence-electron chi connectivity index (χ0n) is 11.2. The van der Waals surface area contributed by atoms with Crippen molar-refractivity contribution in [2.24, 2.45) is 0 Å². The Morgan fingerprint density at radius 3 is 1.76 bits per heavy atom. The topological polar surface area (TPSA) is 101 Å². The fourth-order valence-electron chi connectivity index (χ4n) is 1.53. The van der Waals surface area contributed by atoms with Crippen LogP contribution in [0.3, 0.4) is 0 Å². The predicted octanol–water partition coefficient (Wildman–Crippen LogP) is 2.15. The van der Waals surface area contributed by atoms with Gasteiger partial charge in [-0.3, -0.25) is 15.2 Å². The van der Waals surface area contributed by atoms with Crippen LogP contribution in [0.25, 0.3) is 0 Å². The van der Waals surface area contributed by atoms with Gasteiger partial charge in [-0.25, -0.2) is 0 Å². The molecule has 0 radical (unpaired) electrons. The van der Waals surface area contributed by atoms with E-state index in [9.17, 15) is 4.79 Å². The van der Waals surface area contributed by atoms with Crippen molar-refractivity contribution in [1.82, 2.24) is 5.23 Å². The molecule has 2 rings (SSSR count). The lowest BCUT2D eigenvalue weighted by molar-refractivity contribution is -0.327. The molecule has 112 valence electrons. The molecule has 2 aromatic rings. The summed E-state index contributed by atoms with van der Waals surface area (Å²) in [5.41, 5.74) is 0.730. The molecule has 21 heavy (non-hydrogen) atoms. The van der Waals surface area contributed by atoms with Gasteiger partial charge in [0.15, 0.2) is 6.04 Å². The SMILES string of the molecule is O=C(O)[C@H](Cc1ccccc1)N(O)O.Oc1ccccc1. The molecule has 2 aromatic carbocycles. The summed E-state index contributed by atoms with van der Waals surface area (Å²) in [5, 5.41) is 34.3. The van der Waals surface area contributed by atoms with Crippen molar-refractivity contribution >= 4 is 5.97 Å². The van der Waals surface area contributed by atoms with Crippen LogP contribution in [0, 0.1) is 0 Å². The summed E-state index contributed by atoms with van der Waals surface area (Å²) < 4.78 is 0. The van der Waals surface area contributed by atoms with Gasteiger partial charge in [-0.1, -0.05) is 53.8 Å². The molecule has 0 saturated heterocycles. The molecule has 6 nitrogen and oxygen atoms in total. The molecule has 0 aromatic heterocycles. The van der Waals surface area contributed by atoms with Gasteiger partial charge in [0.2, 0.25) is 0 Å². The molecule has 6 heteroatoms. The van der Waals surface area contributed by atoms with Gasteiger partial charge < -0.3 is 10.2 Å². The number of hydrogen-bond donors (Lipinski definition) is 4. The second-order valence-electron chi connectivity index (χ2n) is 4.20. The van der Waals surface area contributed by atoms with E-state index in [0.717, 1.165) is 5.56 Å². The summed E-state index contributed by atoms with van der Waals surface area (Å²) in [6.45, 7) is 0. The number of hydroxylamine groups is 2. The van der Waals surface area contributed by atoms with Crippen LogP contribution in [-0.4, -0.2) is 37.9 Å². The van der Waals surface area contributed by atoms with Crippen LogP contribution < -0.4 is 0 Å². The van der Waals surface area contributed by atoms with E-state index in [1.807, 2.05) is 6.07 Å². The van der Waals surface area contributed by atoms with Crippen LogP contribution in [-0.2, 0) is 11.2 Å². The zero-order valence-corrected chi connectivity index (χ0v) is 11.2.